The number of carbonyl (C=O) groups is 3. The molecule has 0 spiro atoms. The Morgan fingerprint density at radius 1 is 0.404 bits per heavy atom. The minimum absolute atomic E-state index is 0.0722. The maximum Gasteiger partial charge on any atom is 0.296 e. The first-order valence-corrected chi connectivity index (χ1v) is 37.9. The predicted molar refractivity (Wildman–Crippen MR) is 387 cm³/mol. The van der Waals surface area contributed by atoms with Crippen molar-refractivity contribution in [1.82, 2.24) is 25.0 Å². The van der Waals surface area contributed by atoms with E-state index in [9.17, 15) is 29.7 Å². The van der Waals surface area contributed by atoms with Crippen molar-refractivity contribution in [3.8, 4) is 11.5 Å². The van der Waals surface area contributed by atoms with Gasteiger partial charge in [0.15, 0.2) is 0 Å². The molecule has 0 aliphatic rings. The maximum absolute atomic E-state index is 14.2. The van der Waals surface area contributed by atoms with Gasteiger partial charge in [0.1, 0.15) is 11.5 Å². The number of aliphatic hydroxyl groups is 1. The maximum atomic E-state index is 14.2. The molecule has 0 fully saturated rings. The number of hydrogen-bond donors (Lipinski definition) is 3. The monoisotopic (exact) mass is 1320 g/mol. The number of rotatable bonds is 27. The van der Waals surface area contributed by atoms with Gasteiger partial charge in [0.25, 0.3) is 30.9 Å². The van der Waals surface area contributed by atoms with Crippen LogP contribution in [0, 0.1) is 0 Å². The molecular formula is C77H97N5O9Si3. The quantitative estimate of drug-likeness (QED) is 0.0256. The number of likely N-dealkylation sites (N-methyl/N-ethyl adjacent to an activating group) is 1. The van der Waals surface area contributed by atoms with Gasteiger partial charge in [-0.3, -0.25) is 24.2 Å². The fraction of sp³-hybridized carbons (Fsp3) is 0.312. The fourth-order valence-corrected chi connectivity index (χ4v) is 25.6. The van der Waals surface area contributed by atoms with E-state index in [4.69, 9.17) is 13.6 Å². The van der Waals surface area contributed by atoms with Gasteiger partial charge in [-0.15, -0.1) is 0 Å². The van der Waals surface area contributed by atoms with Crippen LogP contribution < -0.4 is 31.1 Å². The molecule has 3 amide bonds. The largest absolute Gasteiger partial charge is 0.508 e. The zero-order valence-electron chi connectivity index (χ0n) is 57.0. The summed E-state index contributed by atoms with van der Waals surface area (Å²) in [5.41, 5.74) is 1.30. The van der Waals surface area contributed by atoms with Crippen LogP contribution in [0.5, 0.6) is 11.5 Å². The van der Waals surface area contributed by atoms with Crippen LogP contribution in [-0.2, 0) is 41.1 Å². The summed E-state index contributed by atoms with van der Waals surface area (Å²) in [6, 6.07) is 75.2. The standard InChI is InChI=1S/C57H72N4O7Si2.C20H25NO2Si/c1-56(2,3)69(48-27-13-9-14-28-48,49-29-15-10-16-30-49)67-58(7)54(65)37-39-60(41-45-25-21-23-35-52(45)63)43-47(62)44-61(42-46-26-22-24-36-53(46)64)40-38-55(66)59(8)68-70(57(4,5)6,50-31-17-11-18-32-50)51-33-19-12-20-34-51;1-6-19(22)21(5)23-24(20(2,3)4,17-13-9-7-10-14-17)18-15-11-8-12-16-18/h9-36,47,62-64H,37-44H2,1-8H3;6-16H,1H2,2-5H3. The SMILES string of the molecule is C=CC(=O)N(C)O[Si](c1ccccc1)(c1ccccc1)C(C)(C)C.CN(O[Si](c1ccccc1)(c1ccccc1)C(C)(C)C)C(=O)CCN(Cc1ccccc1O)CC(O)CN(CCC(=O)N(C)O[Si](c1ccccc1)(c1ccccc1)C(C)(C)C)Cc1ccccc1O. The van der Waals surface area contributed by atoms with Crippen LogP contribution in [-0.4, -0.2) is 136 Å². The van der Waals surface area contributed by atoms with Gasteiger partial charge in [-0.1, -0.05) is 287 Å². The first-order chi connectivity index (χ1) is 44.7. The summed E-state index contributed by atoms with van der Waals surface area (Å²) in [4.78, 5) is 44.5. The molecule has 0 atom stereocenters. The van der Waals surface area contributed by atoms with Gasteiger partial charge in [0.05, 0.1) is 6.10 Å². The van der Waals surface area contributed by atoms with Gasteiger partial charge >= 0.3 is 0 Å². The molecule has 0 aliphatic carbocycles. The highest BCUT2D eigenvalue weighted by Gasteiger charge is 2.55. The van der Waals surface area contributed by atoms with E-state index in [0.29, 0.717) is 11.1 Å². The molecule has 0 saturated carbocycles. The Bertz CT molecular complexity index is 3370. The molecule has 8 aromatic rings. The Labute approximate surface area is 561 Å². The Morgan fingerprint density at radius 2 is 0.638 bits per heavy atom. The first-order valence-electron chi connectivity index (χ1n) is 32.2. The molecular weight excluding hydrogens is 1220 g/mol. The lowest BCUT2D eigenvalue weighted by Crippen LogP contribution is -2.68. The molecule has 496 valence electrons. The van der Waals surface area contributed by atoms with Crippen molar-refractivity contribution >= 4 is 73.8 Å². The van der Waals surface area contributed by atoms with Crippen molar-refractivity contribution in [1.29, 1.82) is 0 Å². The van der Waals surface area contributed by atoms with E-state index in [1.54, 1.807) is 45.4 Å². The van der Waals surface area contributed by atoms with E-state index in [1.165, 1.54) is 21.3 Å². The van der Waals surface area contributed by atoms with Crippen LogP contribution in [0.15, 0.2) is 243 Å². The number of nitrogens with zero attached hydrogens (tertiary/aromatic N) is 5. The third kappa shape index (κ3) is 17.8. The Morgan fingerprint density at radius 3 is 0.872 bits per heavy atom. The molecule has 8 rings (SSSR count). The Hall–Kier alpha value is -8.08. The number of hydrogen-bond acceptors (Lipinski definition) is 11. The summed E-state index contributed by atoms with van der Waals surface area (Å²) < 4.78 is 20.5. The number of carbonyl (C=O) groups excluding carboxylic acids is 3. The number of benzene rings is 8. The molecule has 0 heterocycles. The number of para-hydroxylation sites is 2. The summed E-state index contributed by atoms with van der Waals surface area (Å²) in [7, 11) is -3.91. The van der Waals surface area contributed by atoms with Crippen LogP contribution in [0.2, 0.25) is 15.1 Å². The molecule has 17 heteroatoms. The van der Waals surface area contributed by atoms with E-state index >= 15 is 0 Å². The van der Waals surface area contributed by atoms with Crippen molar-refractivity contribution in [2.45, 2.75) is 109 Å². The zero-order valence-corrected chi connectivity index (χ0v) is 60.0. The van der Waals surface area contributed by atoms with Crippen LogP contribution in [0.1, 0.15) is 86.3 Å². The lowest BCUT2D eigenvalue weighted by Gasteiger charge is -2.44. The highest BCUT2D eigenvalue weighted by Crippen LogP contribution is 2.40. The predicted octanol–water partition coefficient (Wildman–Crippen LogP) is 10.6. The molecule has 0 radical (unpaired) electrons. The molecule has 3 N–H and O–H groups in total. The van der Waals surface area contributed by atoms with E-state index in [-0.39, 0.29) is 96.4 Å². The first kappa shape index (κ1) is 73.3. The smallest absolute Gasteiger partial charge is 0.296 e. The van der Waals surface area contributed by atoms with Crippen molar-refractivity contribution < 1.29 is 43.3 Å². The van der Waals surface area contributed by atoms with Crippen molar-refractivity contribution in [3.63, 3.8) is 0 Å². The van der Waals surface area contributed by atoms with Crippen LogP contribution in [0.3, 0.4) is 0 Å². The molecule has 0 aromatic heterocycles. The van der Waals surface area contributed by atoms with E-state index < -0.39 is 31.1 Å². The third-order valence-electron chi connectivity index (χ3n) is 17.3. The third-order valence-corrected chi connectivity index (χ3v) is 32.1. The molecule has 0 bridgehead atoms. The van der Waals surface area contributed by atoms with Gasteiger partial charge in [0, 0.05) is 84.4 Å². The van der Waals surface area contributed by atoms with E-state index in [2.05, 4.69) is 142 Å². The highest BCUT2D eigenvalue weighted by atomic mass is 28.4. The summed E-state index contributed by atoms with van der Waals surface area (Å²) in [5, 5.41) is 43.4. The minimum atomic E-state index is -3.09. The number of amides is 3. The van der Waals surface area contributed by atoms with Crippen molar-refractivity contribution in [3.05, 3.63) is 254 Å². The van der Waals surface area contributed by atoms with Crippen LogP contribution >= 0.6 is 0 Å². The number of aromatic hydroxyl groups is 2. The molecule has 0 unspecified atom stereocenters. The van der Waals surface area contributed by atoms with Gasteiger partial charge in [-0.25, -0.2) is 15.2 Å². The number of aliphatic hydroxyl groups excluding tert-OH is 1. The Kier molecular flexibility index (Phi) is 25.6. The lowest BCUT2D eigenvalue weighted by molar-refractivity contribution is -0.155. The molecule has 0 saturated heterocycles. The second-order valence-electron chi connectivity index (χ2n) is 27.0. The summed E-state index contributed by atoms with van der Waals surface area (Å²) in [6.45, 7) is 24.4. The van der Waals surface area contributed by atoms with Gasteiger partial charge < -0.3 is 28.9 Å². The van der Waals surface area contributed by atoms with Crippen LogP contribution in [0.4, 0.5) is 0 Å². The van der Waals surface area contributed by atoms with Crippen molar-refractivity contribution in [2.75, 3.05) is 47.3 Å². The number of hydroxylamine groups is 6. The fourth-order valence-electron chi connectivity index (χ4n) is 12.5. The topological polar surface area (TPSA) is 156 Å². The zero-order chi connectivity index (χ0) is 68.3. The lowest BCUT2D eigenvalue weighted by atomic mass is 10.1. The van der Waals surface area contributed by atoms with E-state index in [1.807, 2.05) is 143 Å². The summed E-state index contributed by atoms with van der Waals surface area (Å²) >= 11 is 0. The summed E-state index contributed by atoms with van der Waals surface area (Å²) in [5.74, 6) is -0.472. The molecule has 14 nitrogen and oxygen atoms in total. The second kappa shape index (κ2) is 32.9. The average molecular weight is 1320 g/mol. The van der Waals surface area contributed by atoms with Gasteiger partial charge in [-0.2, -0.15) is 0 Å². The minimum Gasteiger partial charge on any atom is -0.508 e. The molecule has 94 heavy (non-hydrogen) atoms. The molecule has 0 aliphatic heterocycles. The number of phenolic OH excluding ortho intramolecular Hbond substituents is 2. The molecule has 8 aromatic carbocycles. The van der Waals surface area contributed by atoms with Crippen molar-refractivity contribution in [2.24, 2.45) is 0 Å². The van der Waals surface area contributed by atoms with Crippen LogP contribution in [0.25, 0.3) is 0 Å². The summed E-state index contributed by atoms with van der Waals surface area (Å²) in [6.07, 6.45) is 0.461. The number of phenols is 2. The van der Waals surface area contributed by atoms with E-state index in [0.717, 1.165) is 31.1 Å². The average Bonchev–Trinajstić information content (AvgIpc) is 0.763. The van der Waals surface area contributed by atoms with Gasteiger partial charge in [-0.05, 0) is 64.4 Å². The second-order valence-corrected chi connectivity index (χ2v) is 39.6. The highest BCUT2D eigenvalue weighted by molar-refractivity contribution is 7.00. The normalized spacial score (nSPS) is 12.3. The van der Waals surface area contributed by atoms with Gasteiger partial charge in [0.2, 0.25) is 11.8 Å². The Balaban J connectivity index is 0.000000435.